The summed E-state index contributed by atoms with van der Waals surface area (Å²) in [6.07, 6.45) is 9.90. The van der Waals surface area contributed by atoms with Gasteiger partial charge in [0.15, 0.2) is 0 Å². The molecule has 0 saturated heterocycles. The fraction of sp³-hybridized carbons (Fsp3) is 0.857. The first-order chi connectivity index (χ1) is 7.26. The first-order valence-electron chi connectivity index (χ1n) is 6.54. The van der Waals surface area contributed by atoms with Crippen molar-refractivity contribution in [1.82, 2.24) is 0 Å². The number of hydrogen-bond acceptors (Lipinski definition) is 1. The van der Waals surface area contributed by atoms with E-state index in [2.05, 4.69) is 20.8 Å². The highest BCUT2D eigenvalue weighted by Crippen LogP contribution is 2.19. The van der Waals surface area contributed by atoms with Crippen molar-refractivity contribution >= 4 is 0 Å². The summed E-state index contributed by atoms with van der Waals surface area (Å²) in [6, 6.07) is 0. The molecule has 0 atom stereocenters. The molecule has 0 heterocycles. The van der Waals surface area contributed by atoms with Crippen molar-refractivity contribution in [2.45, 2.75) is 72.1 Å². The van der Waals surface area contributed by atoms with E-state index in [0.717, 1.165) is 12.8 Å². The lowest BCUT2D eigenvalue weighted by Crippen LogP contribution is -1.94. The van der Waals surface area contributed by atoms with Gasteiger partial charge in [-0.15, -0.1) is 0 Å². The third kappa shape index (κ3) is 7.61. The fourth-order valence-corrected chi connectivity index (χ4v) is 1.88. The molecule has 90 valence electrons. The van der Waals surface area contributed by atoms with Gasteiger partial charge >= 0.3 is 0 Å². The zero-order valence-corrected chi connectivity index (χ0v) is 10.8. The van der Waals surface area contributed by atoms with Gasteiger partial charge in [-0.3, -0.25) is 0 Å². The van der Waals surface area contributed by atoms with Gasteiger partial charge in [0.25, 0.3) is 0 Å². The molecule has 0 unspecified atom stereocenters. The van der Waals surface area contributed by atoms with Crippen molar-refractivity contribution in [3.63, 3.8) is 0 Å². The van der Waals surface area contributed by atoms with E-state index < -0.39 is 0 Å². The summed E-state index contributed by atoms with van der Waals surface area (Å²) in [4.78, 5) is 0. The number of hydrogen-bond donors (Lipinski definition) is 1. The Hall–Kier alpha value is -0.300. The molecule has 0 aliphatic rings. The minimum absolute atomic E-state index is 0.307. The summed E-state index contributed by atoms with van der Waals surface area (Å²) in [6.45, 7) is 6.96. The molecular formula is C14H28O. The molecule has 1 nitrogen and oxygen atoms in total. The van der Waals surface area contributed by atoms with E-state index in [1.807, 2.05) is 0 Å². The Balaban J connectivity index is 3.77. The molecule has 0 saturated carbocycles. The molecule has 1 heteroatoms. The third-order valence-corrected chi connectivity index (χ3v) is 3.13. The maximum atomic E-state index is 8.99. The average Bonchev–Trinajstić information content (AvgIpc) is 2.26. The maximum Gasteiger partial charge on any atom is 0.0468 e. The standard InChI is InChI=1S/C14H28O/c1-4-6-7-8-9-10-14(11-12-15)13(3)5-2/h15H,4-12H2,1-3H3/b14-13-. The molecule has 0 aliphatic carbocycles. The highest BCUT2D eigenvalue weighted by molar-refractivity contribution is 5.11. The predicted octanol–water partition coefficient (Wildman–Crippen LogP) is 4.46. The largest absolute Gasteiger partial charge is 0.396 e. The zero-order valence-electron chi connectivity index (χ0n) is 10.8. The number of unbranched alkanes of at least 4 members (excludes halogenated alkanes) is 4. The van der Waals surface area contributed by atoms with Crippen LogP contribution in [0.4, 0.5) is 0 Å². The number of aliphatic hydroxyl groups is 1. The van der Waals surface area contributed by atoms with Gasteiger partial charge in [-0.1, -0.05) is 50.7 Å². The second-order valence-corrected chi connectivity index (χ2v) is 4.38. The molecule has 0 amide bonds. The molecule has 0 rings (SSSR count). The van der Waals surface area contributed by atoms with Crippen LogP contribution in [-0.2, 0) is 0 Å². The van der Waals surface area contributed by atoms with E-state index in [1.165, 1.54) is 49.7 Å². The predicted molar refractivity (Wildman–Crippen MR) is 68.1 cm³/mol. The van der Waals surface area contributed by atoms with E-state index in [4.69, 9.17) is 5.11 Å². The monoisotopic (exact) mass is 212 g/mol. The Morgan fingerprint density at radius 1 is 0.933 bits per heavy atom. The minimum atomic E-state index is 0.307. The van der Waals surface area contributed by atoms with Crippen LogP contribution < -0.4 is 0 Å². The molecule has 0 fully saturated rings. The van der Waals surface area contributed by atoms with Gasteiger partial charge in [-0.25, -0.2) is 0 Å². The fourth-order valence-electron chi connectivity index (χ4n) is 1.88. The van der Waals surface area contributed by atoms with Crippen LogP contribution in [0.3, 0.4) is 0 Å². The number of aliphatic hydroxyl groups excluding tert-OH is 1. The second kappa shape index (κ2) is 10.2. The highest BCUT2D eigenvalue weighted by Gasteiger charge is 2.01. The van der Waals surface area contributed by atoms with Crippen LogP contribution in [0.1, 0.15) is 72.1 Å². The molecule has 0 aromatic heterocycles. The molecule has 0 aromatic carbocycles. The van der Waals surface area contributed by atoms with Crippen LogP contribution in [0.15, 0.2) is 11.1 Å². The molecule has 0 bridgehead atoms. The Labute approximate surface area is 95.6 Å². The smallest absolute Gasteiger partial charge is 0.0468 e. The van der Waals surface area contributed by atoms with Gasteiger partial charge in [0, 0.05) is 6.61 Å². The van der Waals surface area contributed by atoms with Crippen LogP contribution in [0.25, 0.3) is 0 Å². The van der Waals surface area contributed by atoms with E-state index in [-0.39, 0.29) is 0 Å². The van der Waals surface area contributed by atoms with Crippen molar-refractivity contribution in [2.75, 3.05) is 6.61 Å². The van der Waals surface area contributed by atoms with Crippen LogP contribution in [0, 0.1) is 0 Å². The first kappa shape index (κ1) is 14.7. The van der Waals surface area contributed by atoms with Crippen LogP contribution >= 0.6 is 0 Å². The zero-order chi connectivity index (χ0) is 11.5. The average molecular weight is 212 g/mol. The van der Waals surface area contributed by atoms with Gasteiger partial charge in [-0.05, 0) is 32.6 Å². The SMILES string of the molecule is CCCCCCC/C(CCO)=C(\C)CC. The van der Waals surface area contributed by atoms with E-state index in [0.29, 0.717) is 6.61 Å². The van der Waals surface area contributed by atoms with Gasteiger partial charge < -0.3 is 5.11 Å². The molecule has 15 heavy (non-hydrogen) atoms. The minimum Gasteiger partial charge on any atom is -0.396 e. The van der Waals surface area contributed by atoms with Crippen molar-refractivity contribution in [1.29, 1.82) is 0 Å². The van der Waals surface area contributed by atoms with Gasteiger partial charge in [-0.2, -0.15) is 0 Å². The molecule has 0 radical (unpaired) electrons. The van der Waals surface area contributed by atoms with E-state index in [9.17, 15) is 0 Å². The number of allylic oxidation sites excluding steroid dienone is 1. The summed E-state index contributed by atoms with van der Waals surface area (Å²) in [7, 11) is 0. The number of rotatable bonds is 9. The lowest BCUT2D eigenvalue weighted by Gasteiger charge is -2.10. The molecule has 1 N–H and O–H groups in total. The first-order valence-corrected chi connectivity index (χ1v) is 6.54. The third-order valence-electron chi connectivity index (χ3n) is 3.13. The summed E-state index contributed by atoms with van der Waals surface area (Å²) in [5.74, 6) is 0. The topological polar surface area (TPSA) is 20.2 Å². The second-order valence-electron chi connectivity index (χ2n) is 4.38. The summed E-state index contributed by atoms with van der Waals surface area (Å²) in [5.41, 5.74) is 2.98. The normalized spacial score (nSPS) is 12.8. The Bertz CT molecular complexity index is 170. The van der Waals surface area contributed by atoms with Crippen LogP contribution in [0.5, 0.6) is 0 Å². The Morgan fingerprint density at radius 3 is 2.13 bits per heavy atom. The summed E-state index contributed by atoms with van der Waals surface area (Å²) >= 11 is 0. The van der Waals surface area contributed by atoms with E-state index in [1.54, 1.807) is 0 Å². The molecule has 0 aromatic rings. The molecular weight excluding hydrogens is 184 g/mol. The Morgan fingerprint density at radius 2 is 1.60 bits per heavy atom. The van der Waals surface area contributed by atoms with Gasteiger partial charge in [0.05, 0.1) is 0 Å². The van der Waals surface area contributed by atoms with Gasteiger partial charge in [0.1, 0.15) is 0 Å². The van der Waals surface area contributed by atoms with E-state index >= 15 is 0 Å². The summed E-state index contributed by atoms with van der Waals surface area (Å²) < 4.78 is 0. The van der Waals surface area contributed by atoms with Crippen molar-refractivity contribution in [3.05, 3.63) is 11.1 Å². The maximum absolute atomic E-state index is 8.99. The lowest BCUT2D eigenvalue weighted by atomic mass is 9.98. The van der Waals surface area contributed by atoms with Crippen LogP contribution in [-0.4, -0.2) is 11.7 Å². The summed E-state index contributed by atoms with van der Waals surface area (Å²) in [5, 5.41) is 8.99. The molecule has 0 aliphatic heterocycles. The van der Waals surface area contributed by atoms with Crippen molar-refractivity contribution < 1.29 is 5.11 Å². The van der Waals surface area contributed by atoms with Crippen molar-refractivity contribution in [3.8, 4) is 0 Å². The lowest BCUT2D eigenvalue weighted by molar-refractivity contribution is 0.297. The van der Waals surface area contributed by atoms with Gasteiger partial charge in [0.2, 0.25) is 0 Å². The quantitative estimate of drug-likeness (QED) is 0.442. The van der Waals surface area contributed by atoms with Crippen LogP contribution in [0.2, 0.25) is 0 Å². The molecule has 0 spiro atoms. The Kier molecular flexibility index (Phi) is 10.0. The van der Waals surface area contributed by atoms with Crippen molar-refractivity contribution in [2.24, 2.45) is 0 Å². The highest BCUT2D eigenvalue weighted by atomic mass is 16.2.